The number of quaternary nitrogens is 1. The summed E-state index contributed by atoms with van der Waals surface area (Å²) in [5.74, 6) is 0.171. The minimum atomic E-state index is -0.269. The van der Waals surface area contributed by atoms with E-state index >= 15 is 0 Å². The van der Waals surface area contributed by atoms with Crippen LogP contribution in [0.3, 0.4) is 0 Å². The second-order valence-corrected chi connectivity index (χ2v) is 7.97. The Morgan fingerprint density at radius 1 is 0.929 bits per heavy atom. The van der Waals surface area contributed by atoms with E-state index in [2.05, 4.69) is 66.2 Å². The Balaban J connectivity index is 2.00. The summed E-state index contributed by atoms with van der Waals surface area (Å²) >= 11 is 1.74. The van der Waals surface area contributed by atoms with Crippen molar-refractivity contribution in [1.29, 1.82) is 0 Å². The largest absolute Gasteiger partial charge is 0.338 e. The molecule has 0 fully saturated rings. The molecular formula is C24H29N2OS+. The minimum absolute atomic E-state index is 0.0883. The van der Waals surface area contributed by atoms with Gasteiger partial charge in [-0.2, -0.15) is 0 Å². The molecule has 28 heavy (non-hydrogen) atoms. The normalized spacial score (nSPS) is 13.1. The third-order valence-electron chi connectivity index (χ3n) is 5.17. The zero-order valence-electron chi connectivity index (χ0n) is 16.8. The molecule has 3 rings (SSSR count). The van der Waals surface area contributed by atoms with Crippen molar-refractivity contribution >= 4 is 17.2 Å². The summed E-state index contributed by atoms with van der Waals surface area (Å²) in [6.45, 7) is 7.63. The number of thiophene rings is 1. The van der Waals surface area contributed by atoms with Gasteiger partial charge in [-0.15, -0.1) is 11.3 Å². The highest BCUT2D eigenvalue weighted by molar-refractivity contribution is 7.10. The van der Waals surface area contributed by atoms with Crippen LogP contribution in [0, 0.1) is 6.92 Å². The van der Waals surface area contributed by atoms with E-state index in [4.69, 9.17) is 0 Å². The van der Waals surface area contributed by atoms with Crippen molar-refractivity contribution in [3.63, 3.8) is 0 Å². The summed E-state index contributed by atoms with van der Waals surface area (Å²) in [6.07, 6.45) is 0. The predicted molar refractivity (Wildman–Crippen MR) is 116 cm³/mol. The zero-order valence-corrected chi connectivity index (χ0v) is 17.7. The van der Waals surface area contributed by atoms with Crippen molar-refractivity contribution < 1.29 is 10.1 Å². The number of amides is 1. The van der Waals surface area contributed by atoms with Crippen molar-refractivity contribution in [3.05, 3.63) is 93.7 Å². The van der Waals surface area contributed by atoms with Crippen LogP contribution in [-0.4, -0.2) is 23.9 Å². The number of nitrogens with two attached hydrogens (primary N) is 1. The Morgan fingerprint density at radius 2 is 1.61 bits per heavy atom. The molecule has 0 unspecified atom stereocenters. The van der Waals surface area contributed by atoms with E-state index in [9.17, 15) is 4.79 Å². The zero-order chi connectivity index (χ0) is 19.9. The highest BCUT2D eigenvalue weighted by Gasteiger charge is 2.32. The summed E-state index contributed by atoms with van der Waals surface area (Å²) < 4.78 is 0. The van der Waals surface area contributed by atoms with Crippen molar-refractivity contribution in [1.82, 2.24) is 4.90 Å². The van der Waals surface area contributed by atoms with E-state index in [1.54, 1.807) is 11.3 Å². The number of hydrogen-bond donors (Lipinski definition) is 1. The molecule has 0 bridgehead atoms. The number of likely N-dealkylation sites (N-methyl/N-ethyl adjacent to an activating group) is 1. The van der Waals surface area contributed by atoms with Crippen molar-refractivity contribution in [2.24, 2.45) is 0 Å². The third-order valence-corrected chi connectivity index (χ3v) is 6.13. The molecule has 4 heteroatoms. The number of nitrogens with zero attached hydrogens (tertiary/aromatic N) is 1. The van der Waals surface area contributed by atoms with Gasteiger partial charge in [0.15, 0.2) is 6.04 Å². The van der Waals surface area contributed by atoms with Gasteiger partial charge in [-0.3, -0.25) is 4.79 Å². The lowest BCUT2D eigenvalue weighted by molar-refractivity contribution is -0.714. The Hall–Kier alpha value is -2.43. The molecule has 3 aromatic rings. The van der Waals surface area contributed by atoms with E-state index in [-0.39, 0.29) is 18.0 Å². The van der Waals surface area contributed by atoms with Gasteiger partial charge in [0.05, 0.1) is 4.88 Å². The quantitative estimate of drug-likeness (QED) is 0.608. The molecule has 146 valence electrons. The first kappa shape index (κ1) is 20.3. The fourth-order valence-electron chi connectivity index (χ4n) is 3.53. The maximum absolute atomic E-state index is 13.4. The van der Waals surface area contributed by atoms with E-state index in [1.165, 1.54) is 16.0 Å². The average molecular weight is 394 g/mol. The number of carbonyl (C=O) groups is 1. The maximum atomic E-state index is 13.4. The number of aryl methyl sites for hydroxylation is 1. The van der Waals surface area contributed by atoms with Crippen LogP contribution in [0.5, 0.6) is 0 Å². The summed E-state index contributed by atoms with van der Waals surface area (Å²) in [4.78, 5) is 16.6. The van der Waals surface area contributed by atoms with Gasteiger partial charge in [-0.25, -0.2) is 0 Å². The SMILES string of the molecule is CCN(CC)C(=O)[C@H]([NH2+][C@H](c1ccc(C)cc1)c1cccs1)c1ccccc1. The lowest BCUT2D eigenvalue weighted by Crippen LogP contribution is -2.88. The lowest BCUT2D eigenvalue weighted by Gasteiger charge is -2.27. The summed E-state index contributed by atoms with van der Waals surface area (Å²) in [7, 11) is 0. The second kappa shape index (κ2) is 9.67. The van der Waals surface area contributed by atoms with E-state index < -0.39 is 0 Å². The molecule has 0 radical (unpaired) electrons. The molecule has 1 heterocycles. The van der Waals surface area contributed by atoms with Crippen LogP contribution in [0.1, 0.15) is 47.5 Å². The first-order valence-corrected chi connectivity index (χ1v) is 10.8. The monoisotopic (exact) mass is 393 g/mol. The average Bonchev–Trinajstić information content (AvgIpc) is 3.26. The van der Waals surface area contributed by atoms with Gasteiger partial charge in [0.1, 0.15) is 6.04 Å². The molecule has 2 aromatic carbocycles. The molecule has 0 spiro atoms. The van der Waals surface area contributed by atoms with Gasteiger partial charge >= 0.3 is 0 Å². The van der Waals surface area contributed by atoms with Gasteiger partial charge < -0.3 is 10.2 Å². The van der Waals surface area contributed by atoms with Crippen LogP contribution < -0.4 is 5.32 Å². The van der Waals surface area contributed by atoms with E-state index in [1.807, 2.05) is 36.9 Å². The van der Waals surface area contributed by atoms with Gasteiger partial charge in [0, 0.05) is 24.2 Å². The van der Waals surface area contributed by atoms with Crippen LogP contribution in [0.25, 0.3) is 0 Å². The molecular weight excluding hydrogens is 364 g/mol. The van der Waals surface area contributed by atoms with Gasteiger partial charge in [0.2, 0.25) is 0 Å². The molecule has 2 N–H and O–H groups in total. The van der Waals surface area contributed by atoms with Crippen molar-refractivity contribution in [2.45, 2.75) is 32.9 Å². The summed E-state index contributed by atoms with van der Waals surface area (Å²) in [5, 5.41) is 4.33. The van der Waals surface area contributed by atoms with Crippen LogP contribution in [0.4, 0.5) is 0 Å². The fourth-order valence-corrected chi connectivity index (χ4v) is 4.37. The fraction of sp³-hybridized carbons (Fsp3) is 0.292. The first-order chi connectivity index (χ1) is 13.6. The van der Waals surface area contributed by atoms with E-state index in [0.29, 0.717) is 0 Å². The molecule has 1 aromatic heterocycles. The molecule has 2 atom stereocenters. The molecule has 0 saturated heterocycles. The van der Waals surface area contributed by atoms with Crippen molar-refractivity contribution in [2.75, 3.05) is 13.1 Å². The molecule has 3 nitrogen and oxygen atoms in total. The first-order valence-electron chi connectivity index (χ1n) is 9.92. The summed E-state index contributed by atoms with van der Waals surface area (Å²) in [5.41, 5.74) is 3.52. The highest BCUT2D eigenvalue weighted by Crippen LogP contribution is 2.25. The molecule has 1 amide bonds. The molecule has 0 saturated carbocycles. The molecule has 0 aliphatic rings. The standard InChI is InChI=1S/C24H28N2OS/c1-4-26(5-2)24(27)23(19-10-7-6-8-11-19)25-22(21-12-9-17-28-21)20-15-13-18(3)14-16-20/h6-17,22-23,25H,4-5H2,1-3H3/p+1/t22-,23-/m1/s1. The lowest BCUT2D eigenvalue weighted by atomic mass is 9.99. The van der Waals surface area contributed by atoms with Crippen molar-refractivity contribution in [3.8, 4) is 0 Å². The second-order valence-electron chi connectivity index (χ2n) is 7.00. The number of hydrogen-bond acceptors (Lipinski definition) is 2. The van der Waals surface area contributed by atoms with Gasteiger partial charge in [-0.05, 0) is 32.2 Å². The molecule has 0 aliphatic carbocycles. The number of rotatable bonds is 8. The maximum Gasteiger partial charge on any atom is 0.285 e. The van der Waals surface area contributed by atoms with Gasteiger partial charge in [-0.1, -0.05) is 66.2 Å². The van der Waals surface area contributed by atoms with Gasteiger partial charge in [0.25, 0.3) is 5.91 Å². The summed E-state index contributed by atoms with van der Waals surface area (Å²) in [6, 6.07) is 22.9. The number of carbonyl (C=O) groups excluding carboxylic acids is 1. The highest BCUT2D eigenvalue weighted by atomic mass is 32.1. The van der Waals surface area contributed by atoms with Crippen LogP contribution >= 0.6 is 11.3 Å². The Morgan fingerprint density at radius 3 is 2.18 bits per heavy atom. The van der Waals surface area contributed by atoms with Crippen LogP contribution in [-0.2, 0) is 4.79 Å². The smallest absolute Gasteiger partial charge is 0.285 e. The third kappa shape index (κ3) is 4.70. The Bertz CT molecular complexity index is 855. The molecule has 0 aliphatic heterocycles. The van der Waals surface area contributed by atoms with Crippen LogP contribution in [0.15, 0.2) is 72.1 Å². The minimum Gasteiger partial charge on any atom is -0.338 e. The van der Waals surface area contributed by atoms with E-state index in [0.717, 1.165) is 18.7 Å². The van der Waals surface area contributed by atoms with Crippen LogP contribution in [0.2, 0.25) is 0 Å². The predicted octanol–water partition coefficient (Wildman–Crippen LogP) is 4.32. The number of benzene rings is 2. The Labute approximate surface area is 172 Å². The topological polar surface area (TPSA) is 36.9 Å². The Kier molecular flexibility index (Phi) is 7.01.